The molecule has 2 aromatic rings. The number of nitrogens with two attached hydrogens (primary N) is 2. The van der Waals surface area contributed by atoms with Gasteiger partial charge in [-0.1, -0.05) is 42.0 Å². The highest BCUT2D eigenvalue weighted by atomic mass is 15.1. The van der Waals surface area contributed by atoms with E-state index in [2.05, 4.69) is 5.10 Å². The molecule has 86 valence electrons. The van der Waals surface area contributed by atoms with E-state index in [9.17, 15) is 0 Å². The van der Waals surface area contributed by atoms with Gasteiger partial charge in [0, 0.05) is 16.8 Å². The van der Waals surface area contributed by atoms with Crippen LogP contribution in [0, 0.1) is 6.92 Å². The summed E-state index contributed by atoms with van der Waals surface area (Å²) in [6.07, 6.45) is 0. The molecule has 0 aliphatic carbocycles. The zero-order chi connectivity index (χ0) is 12.3. The van der Waals surface area contributed by atoms with E-state index < -0.39 is 0 Å². The van der Waals surface area contributed by atoms with Crippen molar-refractivity contribution in [2.75, 3.05) is 5.73 Å². The molecule has 3 heteroatoms. The Morgan fingerprint density at radius 3 is 2.41 bits per heavy atom. The Hall–Kier alpha value is -2.29. The Balaban J connectivity index is 2.54. The highest BCUT2D eigenvalue weighted by Crippen LogP contribution is 2.18. The fourth-order valence-corrected chi connectivity index (χ4v) is 1.77. The smallest absolute Gasteiger partial charge is 0.0992 e. The fraction of sp³-hybridized carbons (Fsp3) is 0.0714. The lowest BCUT2D eigenvalue weighted by Crippen LogP contribution is -2.09. The molecular formula is C14H15N3. The Morgan fingerprint density at radius 2 is 1.76 bits per heavy atom. The number of hydrogen-bond donors (Lipinski definition) is 2. The molecule has 0 radical (unpaired) electrons. The van der Waals surface area contributed by atoms with E-state index in [-0.39, 0.29) is 0 Å². The van der Waals surface area contributed by atoms with E-state index in [1.807, 2.05) is 55.5 Å². The van der Waals surface area contributed by atoms with Crippen molar-refractivity contribution in [1.82, 2.24) is 0 Å². The van der Waals surface area contributed by atoms with Gasteiger partial charge in [0.2, 0.25) is 0 Å². The highest BCUT2D eigenvalue weighted by Gasteiger charge is 2.09. The van der Waals surface area contributed by atoms with Crippen molar-refractivity contribution >= 4 is 11.4 Å². The summed E-state index contributed by atoms with van der Waals surface area (Å²) >= 11 is 0. The summed E-state index contributed by atoms with van der Waals surface area (Å²) < 4.78 is 0. The minimum Gasteiger partial charge on any atom is -0.398 e. The van der Waals surface area contributed by atoms with Crippen LogP contribution in [0.2, 0.25) is 0 Å². The summed E-state index contributed by atoms with van der Waals surface area (Å²) in [5.74, 6) is 5.49. The standard InChI is InChI=1S/C14H15N3/c1-10-7-8-13(15)12(9-10)14(17-16)11-5-3-2-4-6-11/h2-9H,15-16H2,1H3. The molecule has 0 amide bonds. The van der Waals surface area contributed by atoms with Gasteiger partial charge >= 0.3 is 0 Å². The molecule has 0 aromatic heterocycles. The summed E-state index contributed by atoms with van der Waals surface area (Å²) in [5, 5.41) is 3.87. The highest BCUT2D eigenvalue weighted by molar-refractivity contribution is 6.15. The van der Waals surface area contributed by atoms with Gasteiger partial charge in [-0.15, -0.1) is 0 Å². The molecule has 4 N–H and O–H groups in total. The van der Waals surface area contributed by atoms with Crippen LogP contribution in [0.25, 0.3) is 0 Å². The lowest BCUT2D eigenvalue weighted by atomic mass is 9.99. The third-order valence-electron chi connectivity index (χ3n) is 2.64. The minimum atomic E-state index is 0.684. The molecule has 17 heavy (non-hydrogen) atoms. The zero-order valence-corrected chi connectivity index (χ0v) is 9.72. The van der Waals surface area contributed by atoms with Gasteiger partial charge in [-0.25, -0.2) is 0 Å². The third kappa shape index (κ3) is 2.28. The topological polar surface area (TPSA) is 64.4 Å². The van der Waals surface area contributed by atoms with Crippen LogP contribution in [0.1, 0.15) is 16.7 Å². The summed E-state index contributed by atoms with van der Waals surface area (Å²) in [5.41, 5.74) is 10.3. The van der Waals surface area contributed by atoms with Gasteiger partial charge in [0.25, 0.3) is 0 Å². The van der Waals surface area contributed by atoms with Gasteiger partial charge in [-0.2, -0.15) is 5.10 Å². The quantitative estimate of drug-likeness (QED) is 0.356. The van der Waals surface area contributed by atoms with Crippen molar-refractivity contribution in [2.45, 2.75) is 6.92 Å². The maximum absolute atomic E-state index is 5.97. The molecule has 0 heterocycles. The summed E-state index contributed by atoms with van der Waals surface area (Å²) in [6.45, 7) is 2.02. The molecule has 0 spiro atoms. The van der Waals surface area contributed by atoms with Crippen LogP contribution in [0.3, 0.4) is 0 Å². The van der Waals surface area contributed by atoms with Crippen molar-refractivity contribution in [3.8, 4) is 0 Å². The molecule has 0 atom stereocenters. The number of hydrogen-bond acceptors (Lipinski definition) is 3. The number of rotatable bonds is 2. The van der Waals surface area contributed by atoms with Gasteiger partial charge in [0.05, 0.1) is 5.71 Å². The van der Waals surface area contributed by atoms with Crippen LogP contribution in [0.5, 0.6) is 0 Å². The van der Waals surface area contributed by atoms with E-state index in [0.29, 0.717) is 11.4 Å². The molecule has 2 aromatic carbocycles. The Morgan fingerprint density at radius 1 is 1.06 bits per heavy atom. The minimum absolute atomic E-state index is 0.684. The van der Waals surface area contributed by atoms with Crippen molar-refractivity contribution in [2.24, 2.45) is 10.9 Å². The molecular weight excluding hydrogens is 210 g/mol. The summed E-state index contributed by atoms with van der Waals surface area (Å²) in [4.78, 5) is 0. The first-order chi connectivity index (χ1) is 8.22. The predicted molar refractivity (Wildman–Crippen MR) is 71.9 cm³/mol. The second kappa shape index (κ2) is 4.70. The first kappa shape index (κ1) is 11.2. The number of hydrazone groups is 1. The van der Waals surface area contributed by atoms with Gasteiger partial charge < -0.3 is 11.6 Å². The molecule has 0 bridgehead atoms. The number of anilines is 1. The number of benzene rings is 2. The molecule has 0 aliphatic rings. The van der Waals surface area contributed by atoms with Crippen LogP contribution < -0.4 is 11.6 Å². The van der Waals surface area contributed by atoms with E-state index in [1.165, 1.54) is 0 Å². The van der Waals surface area contributed by atoms with E-state index in [0.717, 1.165) is 16.7 Å². The molecule has 0 saturated carbocycles. The van der Waals surface area contributed by atoms with Gasteiger partial charge in [0.15, 0.2) is 0 Å². The van der Waals surface area contributed by atoms with Crippen molar-refractivity contribution < 1.29 is 0 Å². The molecule has 0 saturated heterocycles. The average Bonchev–Trinajstić information content (AvgIpc) is 2.36. The molecule has 3 nitrogen and oxygen atoms in total. The molecule has 2 rings (SSSR count). The van der Waals surface area contributed by atoms with Gasteiger partial charge in [-0.3, -0.25) is 0 Å². The van der Waals surface area contributed by atoms with Crippen LogP contribution in [0.15, 0.2) is 53.6 Å². The van der Waals surface area contributed by atoms with Crippen molar-refractivity contribution in [1.29, 1.82) is 0 Å². The normalized spacial score (nSPS) is 11.5. The van der Waals surface area contributed by atoms with Crippen LogP contribution in [-0.4, -0.2) is 5.71 Å². The first-order valence-electron chi connectivity index (χ1n) is 5.42. The molecule has 0 aliphatic heterocycles. The van der Waals surface area contributed by atoms with Crippen LogP contribution in [-0.2, 0) is 0 Å². The third-order valence-corrected chi connectivity index (χ3v) is 2.64. The van der Waals surface area contributed by atoms with Crippen molar-refractivity contribution in [3.05, 3.63) is 65.2 Å². The lowest BCUT2D eigenvalue weighted by Gasteiger charge is -2.09. The second-order valence-electron chi connectivity index (χ2n) is 3.93. The predicted octanol–water partition coefficient (Wildman–Crippen LogP) is 2.29. The van der Waals surface area contributed by atoms with E-state index >= 15 is 0 Å². The monoisotopic (exact) mass is 225 g/mol. The number of nitrogen functional groups attached to an aromatic ring is 1. The lowest BCUT2D eigenvalue weighted by molar-refractivity contribution is 1.24. The average molecular weight is 225 g/mol. The maximum atomic E-state index is 5.97. The number of nitrogens with zero attached hydrogens (tertiary/aromatic N) is 1. The first-order valence-corrected chi connectivity index (χ1v) is 5.42. The second-order valence-corrected chi connectivity index (χ2v) is 3.93. The maximum Gasteiger partial charge on any atom is 0.0992 e. The van der Waals surface area contributed by atoms with Crippen molar-refractivity contribution in [3.63, 3.8) is 0 Å². The van der Waals surface area contributed by atoms with Gasteiger partial charge in [-0.05, 0) is 19.1 Å². The largest absolute Gasteiger partial charge is 0.398 e. The Labute approximate surface area is 101 Å². The number of aryl methyl sites for hydroxylation is 1. The summed E-state index contributed by atoms with van der Waals surface area (Å²) in [7, 11) is 0. The van der Waals surface area contributed by atoms with E-state index in [4.69, 9.17) is 11.6 Å². The van der Waals surface area contributed by atoms with Crippen LogP contribution in [0.4, 0.5) is 5.69 Å². The summed E-state index contributed by atoms with van der Waals surface area (Å²) in [6, 6.07) is 15.6. The van der Waals surface area contributed by atoms with E-state index in [1.54, 1.807) is 0 Å². The molecule has 0 fully saturated rings. The molecule has 0 unspecified atom stereocenters. The Bertz CT molecular complexity index is 545. The zero-order valence-electron chi connectivity index (χ0n) is 9.72. The van der Waals surface area contributed by atoms with Crippen LogP contribution >= 0.6 is 0 Å². The fourth-order valence-electron chi connectivity index (χ4n) is 1.77. The van der Waals surface area contributed by atoms with Gasteiger partial charge in [0.1, 0.15) is 0 Å². The SMILES string of the molecule is Cc1ccc(N)c(C(=NN)c2ccccc2)c1. The Kier molecular flexibility index (Phi) is 3.10.